The molecular weight excluding hydrogens is 1370 g/mol. The predicted octanol–water partition coefficient (Wildman–Crippen LogP) is 30.3. The Morgan fingerprint density at radius 1 is 0.267 bits per heavy atom. The van der Waals surface area contributed by atoms with Crippen LogP contribution in [0, 0.1) is 0 Å². The van der Waals surface area contributed by atoms with Gasteiger partial charge in [0.25, 0.3) is 0 Å². The Kier molecular flexibility index (Phi) is 23.2. The first-order valence-electron chi connectivity index (χ1n) is 40.5. The predicted molar refractivity (Wildman–Crippen MR) is 461 cm³/mol. The summed E-state index contributed by atoms with van der Waals surface area (Å²) in [4.78, 5) is 5.05. The number of rotatable bonds is 36. The van der Waals surface area contributed by atoms with Crippen molar-refractivity contribution in [2.24, 2.45) is 0 Å². The van der Waals surface area contributed by atoms with E-state index < -0.39 is 8.07 Å². The van der Waals surface area contributed by atoms with Gasteiger partial charge in [-0.25, -0.2) is 0 Å². The first kappa shape index (κ1) is 73.0. The first-order valence-corrected chi connectivity index (χ1v) is 46.6. The van der Waals surface area contributed by atoms with Crippen LogP contribution in [0.5, 0.6) is 0 Å². The van der Waals surface area contributed by atoms with Crippen molar-refractivity contribution in [2.45, 2.75) is 231 Å². The van der Waals surface area contributed by atoms with Crippen molar-refractivity contribution < 1.29 is 0 Å². The maximum absolute atomic E-state index is 5.34. The van der Waals surface area contributed by atoms with Crippen LogP contribution in [-0.4, -0.2) is 25.6 Å². The van der Waals surface area contributed by atoms with Crippen LogP contribution in [0.15, 0.2) is 194 Å². The van der Waals surface area contributed by atoms with E-state index in [4.69, 9.17) is 17.5 Å². The van der Waals surface area contributed by atoms with E-state index >= 15 is 0 Å². The van der Waals surface area contributed by atoms with Crippen LogP contribution in [0.1, 0.15) is 252 Å². The third-order valence-corrected chi connectivity index (χ3v) is 31.1. The number of fused-ring (bicyclic) bond motifs is 8. The van der Waals surface area contributed by atoms with Gasteiger partial charge in [0.2, 0.25) is 0 Å². The fourth-order valence-corrected chi connectivity index (χ4v) is 25.9. The van der Waals surface area contributed by atoms with Crippen LogP contribution < -0.4 is 0 Å². The highest BCUT2D eigenvalue weighted by Gasteiger charge is 2.47. The molecule has 9 heteroatoms. The van der Waals surface area contributed by atoms with E-state index in [2.05, 4.69) is 235 Å². The molecule has 15 rings (SSSR count). The molecule has 12 aromatic rings. The highest BCUT2D eigenvalue weighted by atomic mass is 32.1. The van der Waals surface area contributed by atoms with Crippen LogP contribution >= 0.6 is 46.1 Å². The summed E-state index contributed by atoms with van der Waals surface area (Å²) in [5, 5.41) is 2.76. The molecule has 2 aliphatic carbocycles. The van der Waals surface area contributed by atoms with Gasteiger partial charge in [-0.1, -0.05) is 353 Å². The Bertz CT molecular complexity index is 4690. The molecular formula is C96H106N4S4Si. The zero-order chi connectivity index (χ0) is 71.7. The molecule has 4 aromatic heterocycles. The van der Waals surface area contributed by atoms with Gasteiger partial charge in [-0.3, -0.25) is 0 Å². The summed E-state index contributed by atoms with van der Waals surface area (Å²) in [5.41, 5.74) is 28.2. The van der Waals surface area contributed by atoms with Crippen LogP contribution in [0.2, 0.25) is 13.1 Å². The average molecular weight is 1470 g/mol. The van der Waals surface area contributed by atoms with E-state index in [1.54, 1.807) is 22.3 Å². The zero-order valence-electron chi connectivity index (χ0n) is 63.2. The Morgan fingerprint density at radius 2 is 0.562 bits per heavy atom. The standard InChI is InChI=1S/C96H106N4S4Si/c1-7-11-15-19-23-37-61-95(62-38-24-20-16-12-8-2)79-47-35-33-45-71(79)73-51-49-69(65-81(73)95)83-57-59-85(101-83)75-53-55-77(91-89(75)97-103-99-91)93-87(67-41-29-27-30-42-67)88(68-43-31-28-32-44-68)94(105(93,5)6)78-56-54-76(90-92(78)100-104-98-90)86-60-58-84(102-86)70-50-52-74-72-46-34-36-48-80(72)96(82(74)66-70,63-39-25-21-17-13-9-3)64-40-26-22-18-14-10-4/h27-36,41-60,65-66H,7-26,37-40,61-64H2,1-6H3. The highest BCUT2D eigenvalue weighted by molar-refractivity contribution is 7.19. The van der Waals surface area contributed by atoms with Crippen molar-refractivity contribution >= 4 is 97.8 Å². The lowest BCUT2D eigenvalue weighted by molar-refractivity contribution is 0.398. The molecule has 5 heterocycles. The fraction of sp³-hybridized carbons (Fsp3) is 0.375. The Hall–Kier alpha value is -7.50. The number of benzene rings is 8. The van der Waals surface area contributed by atoms with E-state index in [1.807, 2.05) is 22.7 Å². The zero-order valence-corrected chi connectivity index (χ0v) is 67.5. The molecule has 1 aliphatic heterocycles. The van der Waals surface area contributed by atoms with Gasteiger partial charge in [0.15, 0.2) is 0 Å². The van der Waals surface area contributed by atoms with Crippen molar-refractivity contribution in [2.75, 3.05) is 0 Å². The molecule has 3 aliphatic rings. The van der Waals surface area contributed by atoms with E-state index in [1.165, 1.54) is 300 Å². The van der Waals surface area contributed by atoms with Crippen molar-refractivity contribution in [3.63, 3.8) is 0 Å². The normalized spacial score (nSPS) is 14.6. The first-order chi connectivity index (χ1) is 51.7. The second kappa shape index (κ2) is 33.3. The number of nitrogens with zero attached hydrogens (tertiary/aromatic N) is 4. The van der Waals surface area contributed by atoms with Gasteiger partial charge in [0, 0.05) is 52.6 Å². The van der Waals surface area contributed by atoms with Gasteiger partial charge < -0.3 is 0 Å². The maximum atomic E-state index is 5.34. The monoisotopic (exact) mass is 1470 g/mol. The molecule has 0 atom stereocenters. The van der Waals surface area contributed by atoms with E-state index in [0.717, 1.165) is 33.2 Å². The number of allylic oxidation sites excluding steroid dienone is 2. The third-order valence-electron chi connectivity index (χ3n) is 24.2. The summed E-state index contributed by atoms with van der Waals surface area (Å²) >= 11 is 6.49. The van der Waals surface area contributed by atoms with Gasteiger partial charge >= 0.3 is 0 Å². The fourth-order valence-electron chi connectivity index (χ4n) is 18.9. The topological polar surface area (TPSA) is 51.6 Å². The SMILES string of the molecule is CCCCCCCCC1(CCCCCCCC)c2ccccc2-c2ccc(-c3ccc(-c4ccc(C5=C(c6ccccc6)C(c6ccccc6)=C(c6ccc(-c7ccc(-c8ccc9c(c8)C(CCCCCCCC)(CCCCCCCC)c8ccccc8-9)s7)c7nsnc67)[Si]5(C)C)c5nsnc45)s3)cc21. The summed E-state index contributed by atoms with van der Waals surface area (Å²) in [7, 11) is -2.74. The summed E-state index contributed by atoms with van der Waals surface area (Å²) in [6, 6.07) is 75.3. The molecule has 105 heavy (non-hydrogen) atoms. The number of aromatic nitrogens is 4. The van der Waals surface area contributed by atoms with Crippen LogP contribution in [-0.2, 0) is 10.8 Å². The lowest BCUT2D eigenvalue weighted by atomic mass is 9.70. The van der Waals surface area contributed by atoms with Crippen molar-refractivity contribution in [1.29, 1.82) is 0 Å². The second-order valence-electron chi connectivity index (χ2n) is 31.3. The lowest BCUT2D eigenvalue weighted by Crippen LogP contribution is -2.29. The Morgan fingerprint density at radius 3 is 0.933 bits per heavy atom. The Labute approximate surface area is 644 Å². The summed E-state index contributed by atoms with van der Waals surface area (Å²) in [6.45, 7) is 14.5. The summed E-state index contributed by atoms with van der Waals surface area (Å²) in [6.07, 6.45) is 36.4. The lowest BCUT2D eigenvalue weighted by Gasteiger charge is -2.33. The Balaban J connectivity index is 0.771. The van der Waals surface area contributed by atoms with Gasteiger partial charge in [-0.2, -0.15) is 17.5 Å². The number of hydrogen-bond donors (Lipinski definition) is 0. The van der Waals surface area contributed by atoms with Crippen LogP contribution in [0.25, 0.3) is 108 Å². The second-order valence-corrected chi connectivity index (χ2v) is 38.8. The number of thiophene rings is 2. The van der Waals surface area contributed by atoms with Crippen molar-refractivity contribution in [3.05, 3.63) is 239 Å². The van der Waals surface area contributed by atoms with Crippen LogP contribution in [0.3, 0.4) is 0 Å². The highest BCUT2D eigenvalue weighted by Crippen LogP contribution is 2.60. The minimum atomic E-state index is -2.74. The minimum absolute atomic E-state index is 0.0274. The molecule has 0 saturated heterocycles. The smallest absolute Gasteiger partial charge is 0.115 e. The van der Waals surface area contributed by atoms with Gasteiger partial charge in [0.1, 0.15) is 30.1 Å². The molecule has 4 nitrogen and oxygen atoms in total. The number of unbranched alkanes of at least 4 members (excludes halogenated alkanes) is 20. The third kappa shape index (κ3) is 14.4. The van der Waals surface area contributed by atoms with E-state index in [9.17, 15) is 0 Å². The van der Waals surface area contributed by atoms with E-state index in [-0.39, 0.29) is 10.8 Å². The molecule has 0 saturated carbocycles. The summed E-state index contributed by atoms with van der Waals surface area (Å²) < 4.78 is 21.2. The quantitative estimate of drug-likeness (QED) is 0.0290. The van der Waals surface area contributed by atoms with Crippen molar-refractivity contribution in [3.8, 4) is 64.0 Å². The molecule has 0 N–H and O–H groups in total. The summed E-state index contributed by atoms with van der Waals surface area (Å²) in [5.74, 6) is 0. The van der Waals surface area contributed by atoms with E-state index in [0.29, 0.717) is 0 Å². The van der Waals surface area contributed by atoms with Gasteiger partial charge in [0.05, 0.1) is 23.5 Å². The largest absolute Gasteiger partial charge is 0.172 e. The van der Waals surface area contributed by atoms with Crippen LogP contribution in [0.4, 0.5) is 0 Å². The average Bonchev–Trinajstić information content (AvgIpc) is 1.56. The molecule has 8 aromatic carbocycles. The maximum Gasteiger partial charge on any atom is 0.115 e. The molecule has 0 unspecified atom stereocenters. The number of hydrogen-bond acceptors (Lipinski definition) is 8. The minimum Gasteiger partial charge on any atom is -0.172 e. The molecule has 0 bridgehead atoms. The molecule has 0 amide bonds. The molecule has 0 radical (unpaired) electrons. The van der Waals surface area contributed by atoms with Gasteiger partial charge in [-0.15, -0.1) is 22.7 Å². The molecule has 538 valence electrons. The molecule has 0 spiro atoms. The van der Waals surface area contributed by atoms with Gasteiger partial charge in [-0.05, 0) is 150 Å². The molecule has 0 fully saturated rings. The van der Waals surface area contributed by atoms with Crippen molar-refractivity contribution in [1.82, 2.24) is 17.5 Å².